The van der Waals surface area contributed by atoms with Gasteiger partial charge in [-0.2, -0.15) is 5.56 Å². The minimum Gasteiger partial charge on any atom is -0.352 e. The predicted octanol–water partition coefficient (Wildman–Crippen LogP) is 8.42. The Morgan fingerprint density at radius 3 is 1.98 bits per heavy atom. The topological polar surface area (TPSA) is 25.8 Å². The van der Waals surface area contributed by atoms with Gasteiger partial charge in [-0.3, -0.25) is 27.7 Å². The molecular weight excluding hydrogens is 771 g/mol. The predicted molar refractivity (Wildman–Crippen MR) is 161 cm³/mol. The van der Waals surface area contributed by atoms with E-state index in [-0.39, 0.29) is 67.0 Å². The quantitative estimate of drug-likeness (QED) is 0.102. The smallest absolute Gasteiger partial charge is 0.0379 e. The third-order valence-electron chi connectivity index (χ3n) is 6.34. The van der Waals surface area contributed by atoms with E-state index in [2.05, 4.69) is 82.8 Å². The van der Waals surface area contributed by atoms with Gasteiger partial charge < -0.3 is 16.0 Å². The van der Waals surface area contributed by atoms with Crippen molar-refractivity contribution in [1.29, 1.82) is 0 Å². The minimum atomic E-state index is -0.278. The van der Waals surface area contributed by atoms with Crippen LogP contribution in [0, 0.1) is 30.1 Å². The average molecular weight is 793 g/mol. The Hall–Kier alpha value is -3.33. The van der Waals surface area contributed by atoms with Crippen LogP contribution in [0.25, 0.3) is 55.2 Å². The molecule has 0 aliphatic rings. The Labute approximate surface area is 286 Å². The van der Waals surface area contributed by atoms with Crippen molar-refractivity contribution in [1.82, 2.24) is 9.97 Å². The van der Waals surface area contributed by atoms with E-state index >= 15 is 0 Å². The summed E-state index contributed by atoms with van der Waals surface area (Å²) in [6.07, 6.45) is 3.49. The van der Waals surface area contributed by atoms with Gasteiger partial charge in [0.1, 0.15) is 0 Å². The fourth-order valence-corrected chi connectivity index (χ4v) is 4.41. The minimum absolute atomic E-state index is 0. The Balaban J connectivity index is 0.000000259. The largest absolute Gasteiger partial charge is 0.352 e. The summed E-state index contributed by atoms with van der Waals surface area (Å²) >= 11 is 0. The van der Waals surface area contributed by atoms with Gasteiger partial charge in [0.2, 0.25) is 0 Å². The number of fused-ring (bicyclic) bond motifs is 3. The molecule has 201 valence electrons. The fourth-order valence-electron chi connectivity index (χ4n) is 4.41. The van der Waals surface area contributed by atoms with Crippen LogP contribution in [0.2, 0.25) is 0 Å². The van der Waals surface area contributed by atoms with Crippen molar-refractivity contribution in [2.75, 3.05) is 0 Å². The summed E-state index contributed by atoms with van der Waals surface area (Å²) in [6.45, 7) is 0. The number of hydrogen-bond acceptors (Lipinski definition) is 2. The summed E-state index contributed by atoms with van der Waals surface area (Å²) in [6, 6.07) is 49.7. The van der Waals surface area contributed by atoms with Crippen LogP contribution in [-0.4, -0.2) is 18.4 Å². The van der Waals surface area contributed by atoms with Crippen molar-refractivity contribution in [3.05, 3.63) is 158 Å². The van der Waals surface area contributed by atoms with Crippen LogP contribution in [0.5, 0.6) is 0 Å². The van der Waals surface area contributed by atoms with Crippen molar-refractivity contribution in [3.8, 4) is 33.6 Å². The number of halogens is 1. The van der Waals surface area contributed by atoms with Gasteiger partial charge in [0, 0.05) is 79.4 Å². The van der Waals surface area contributed by atoms with E-state index in [9.17, 15) is 4.39 Å². The number of hydrogen-bond donors (Lipinski definition) is 0. The summed E-state index contributed by atoms with van der Waals surface area (Å²) in [5.41, 5.74) is 5.39. The van der Waals surface area contributed by atoms with E-state index in [0.717, 1.165) is 33.6 Å². The van der Waals surface area contributed by atoms with Crippen LogP contribution in [-0.2, 0) is 52.8 Å². The maximum absolute atomic E-state index is 12.6. The normalized spacial score (nSPS) is 9.93. The first-order valence-electron chi connectivity index (χ1n) is 12.5. The molecule has 5 radical (unpaired) electrons. The third kappa shape index (κ3) is 7.73. The molecule has 0 unspecified atom stereocenters. The summed E-state index contributed by atoms with van der Waals surface area (Å²) < 4.78 is 12.6. The molecule has 2 heterocycles. The van der Waals surface area contributed by atoms with E-state index in [0.29, 0.717) is 0 Å². The number of pyridine rings is 2. The van der Waals surface area contributed by atoms with Crippen molar-refractivity contribution in [3.63, 3.8) is 0 Å². The molecule has 0 fully saturated rings. The molecule has 7 rings (SSSR count). The van der Waals surface area contributed by atoms with Gasteiger partial charge in [-0.05, 0) is 28.6 Å². The molecule has 0 bridgehead atoms. The summed E-state index contributed by atoms with van der Waals surface area (Å²) in [5, 5.41) is 4.93. The van der Waals surface area contributed by atoms with Crippen molar-refractivity contribution < 1.29 is 57.2 Å². The molecule has 2 aromatic heterocycles. The Bertz CT molecular complexity index is 1870. The van der Waals surface area contributed by atoms with E-state index in [1.165, 1.54) is 33.7 Å². The molecule has 2 nitrogen and oxygen atoms in total. The molecule has 0 aliphatic heterocycles. The fraction of sp³-hybridized carbons (Fsp3) is 0. The molecule has 0 aliphatic carbocycles. The van der Waals surface area contributed by atoms with E-state index in [1.807, 2.05) is 48.5 Å². The van der Waals surface area contributed by atoms with Gasteiger partial charge in [0.15, 0.2) is 0 Å². The second-order valence-corrected chi connectivity index (χ2v) is 8.88. The second kappa shape index (κ2) is 15.8. The van der Waals surface area contributed by atoms with Crippen LogP contribution in [0.3, 0.4) is 0 Å². The number of benzene rings is 5. The Kier molecular flexibility index (Phi) is 12.5. The SMILES string of the molecule is Fc1c[c-]c(-c2ccccn2)cc1.[B].[Ir].[Y].[c-]1ccc(-c2[c-]cc3ccc4ccccc4c3c2)[c-]c1-c1ccccn1. The first kappa shape index (κ1) is 33.2. The second-order valence-electron chi connectivity index (χ2n) is 8.88. The van der Waals surface area contributed by atoms with E-state index in [4.69, 9.17) is 0 Å². The van der Waals surface area contributed by atoms with Gasteiger partial charge in [0.05, 0.1) is 0 Å². The van der Waals surface area contributed by atoms with Gasteiger partial charge in [0.25, 0.3) is 0 Å². The Morgan fingerprint density at radius 2 is 1.26 bits per heavy atom. The first-order valence-corrected chi connectivity index (χ1v) is 12.5. The monoisotopic (exact) mass is 793 g/mol. The zero-order valence-electron chi connectivity index (χ0n) is 22.4. The van der Waals surface area contributed by atoms with Gasteiger partial charge in [-0.25, -0.2) is 6.07 Å². The number of aromatic nitrogens is 2. The molecule has 0 saturated heterocycles. The van der Waals surface area contributed by atoms with Crippen molar-refractivity contribution in [2.24, 2.45) is 0 Å². The van der Waals surface area contributed by atoms with Crippen molar-refractivity contribution in [2.45, 2.75) is 0 Å². The van der Waals surface area contributed by atoms with Crippen LogP contribution in [0.15, 0.2) is 128 Å². The average Bonchev–Trinajstić information content (AvgIpc) is 3.02. The summed E-state index contributed by atoms with van der Waals surface area (Å²) in [7, 11) is 0. The van der Waals surface area contributed by atoms with Gasteiger partial charge in [-0.15, -0.1) is 54.1 Å². The maximum Gasteiger partial charge on any atom is 0.0379 e. The molecule has 7 aromatic rings. The maximum atomic E-state index is 12.6. The Morgan fingerprint density at radius 1 is 0.571 bits per heavy atom. The van der Waals surface area contributed by atoms with Crippen LogP contribution >= 0.6 is 0 Å². The van der Waals surface area contributed by atoms with E-state index in [1.54, 1.807) is 18.5 Å². The standard InChI is InChI=1S/C25H14N.C11H7FN.B.Ir.Y/c1-2-9-23-18(6-1)11-12-19-13-14-21(17-24(19)23)20-7-5-8-22(16-20)25-10-3-4-15-26-25;12-10-6-4-9(5-7-10)11-3-1-2-8-13-11;;;/h1-7,9-13,15,17H;1-4,6-8H;;;/q-3;-1;;;. The zero-order valence-corrected chi connectivity index (χ0v) is 27.6. The first-order chi connectivity index (χ1) is 19.2. The number of rotatable bonds is 3. The zero-order chi connectivity index (χ0) is 26.4. The van der Waals surface area contributed by atoms with Crippen LogP contribution in [0.4, 0.5) is 4.39 Å². The molecular formula is C36H21BFIrN2Y-4. The van der Waals surface area contributed by atoms with Crippen LogP contribution < -0.4 is 0 Å². The van der Waals surface area contributed by atoms with Crippen LogP contribution in [0.1, 0.15) is 0 Å². The molecule has 0 saturated carbocycles. The van der Waals surface area contributed by atoms with Gasteiger partial charge in [-0.1, -0.05) is 71.1 Å². The molecule has 0 spiro atoms. The third-order valence-corrected chi connectivity index (χ3v) is 6.34. The molecule has 6 heteroatoms. The van der Waals surface area contributed by atoms with E-state index < -0.39 is 0 Å². The number of nitrogens with zero attached hydrogens (tertiary/aromatic N) is 2. The molecule has 5 aromatic carbocycles. The molecule has 42 heavy (non-hydrogen) atoms. The van der Waals surface area contributed by atoms with Crippen molar-refractivity contribution >= 4 is 30.0 Å². The van der Waals surface area contributed by atoms with Gasteiger partial charge >= 0.3 is 0 Å². The summed E-state index contributed by atoms with van der Waals surface area (Å²) in [5.74, 6) is -0.278. The molecule has 0 amide bonds. The molecule has 0 atom stereocenters. The molecule has 0 N–H and O–H groups in total. The summed E-state index contributed by atoms with van der Waals surface area (Å²) in [4.78, 5) is 8.53.